The van der Waals surface area contributed by atoms with Crippen molar-refractivity contribution in [2.24, 2.45) is 0 Å². The monoisotopic (exact) mass is 222 g/mol. The van der Waals surface area contributed by atoms with Crippen molar-refractivity contribution >= 4 is 16.3 Å². The minimum Gasteiger partial charge on any atom is -0.389 e. The van der Waals surface area contributed by atoms with Gasteiger partial charge in [0.05, 0.1) is 23.2 Å². The molecule has 5 heteroatoms. The summed E-state index contributed by atoms with van der Waals surface area (Å²) in [7, 11) is 0. The van der Waals surface area contributed by atoms with E-state index in [9.17, 15) is 0 Å². The Morgan fingerprint density at radius 3 is 2.93 bits per heavy atom. The van der Waals surface area contributed by atoms with Crippen LogP contribution in [-0.4, -0.2) is 14.5 Å². The zero-order chi connectivity index (χ0) is 10.8. The summed E-state index contributed by atoms with van der Waals surface area (Å²) in [4.78, 5) is 8.57. The van der Waals surface area contributed by atoms with Crippen molar-refractivity contribution < 1.29 is 0 Å². The molecule has 0 aliphatic carbocycles. The molecule has 0 aliphatic heterocycles. The second kappa shape index (κ2) is 4.02. The predicted octanol–water partition coefficient (Wildman–Crippen LogP) is 2.31. The van der Waals surface area contributed by atoms with Crippen molar-refractivity contribution in [2.75, 3.05) is 5.73 Å². The average Bonchev–Trinajstić information content (AvgIpc) is 2.73. The number of nitrogens with two attached hydrogens (primary N) is 1. The molecule has 0 fully saturated rings. The van der Waals surface area contributed by atoms with Gasteiger partial charge in [0, 0.05) is 6.54 Å². The van der Waals surface area contributed by atoms with Crippen LogP contribution in [0.1, 0.15) is 18.4 Å². The molecule has 0 amide bonds. The predicted molar refractivity (Wildman–Crippen MR) is 62.8 cm³/mol. The van der Waals surface area contributed by atoms with Gasteiger partial charge in [-0.05, 0) is 13.3 Å². The molecule has 0 spiro atoms. The molecule has 15 heavy (non-hydrogen) atoms. The van der Waals surface area contributed by atoms with Crippen molar-refractivity contribution in [1.82, 2.24) is 14.5 Å². The van der Waals surface area contributed by atoms with Gasteiger partial charge in [0.15, 0.2) is 0 Å². The number of imidazole rings is 1. The number of hydrogen-bond donors (Lipinski definition) is 1. The van der Waals surface area contributed by atoms with Crippen molar-refractivity contribution in [3.8, 4) is 11.4 Å². The standard InChI is InChI=1S/C10H14N4S/c1-3-4-14-6-12-5-8(14)9-10(11)15-7(2)13-9/h5-6H,3-4,11H2,1-2H3. The summed E-state index contributed by atoms with van der Waals surface area (Å²) in [6, 6.07) is 0. The lowest BCUT2D eigenvalue weighted by atomic mass is 10.3. The summed E-state index contributed by atoms with van der Waals surface area (Å²) in [6.07, 6.45) is 4.72. The zero-order valence-electron chi connectivity index (χ0n) is 8.90. The van der Waals surface area contributed by atoms with Gasteiger partial charge in [0.1, 0.15) is 10.7 Å². The Labute approximate surface area is 92.8 Å². The molecule has 0 saturated carbocycles. The van der Waals surface area contributed by atoms with Gasteiger partial charge in [0.25, 0.3) is 0 Å². The lowest BCUT2D eigenvalue weighted by Crippen LogP contribution is -1.98. The molecule has 0 bridgehead atoms. The Hall–Kier alpha value is -1.36. The third-order valence-electron chi connectivity index (χ3n) is 2.18. The third-order valence-corrected chi connectivity index (χ3v) is 2.98. The number of aryl methyl sites for hydroxylation is 2. The molecule has 2 heterocycles. The highest BCUT2D eigenvalue weighted by Gasteiger charge is 2.12. The molecule has 0 radical (unpaired) electrons. The van der Waals surface area contributed by atoms with Gasteiger partial charge in [-0.2, -0.15) is 0 Å². The molecule has 0 atom stereocenters. The van der Waals surface area contributed by atoms with E-state index < -0.39 is 0 Å². The first-order valence-electron chi connectivity index (χ1n) is 4.95. The summed E-state index contributed by atoms with van der Waals surface area (Å²) in [5.74, 6) is 0. The van der Waals surface area contributed by atoms with E-state index in [4.69, 9.17) is 5.73 Å². The van der Waals surface area contributed by atoms with Crippen LogP contribution >= 0.6 is 11.3 Å². The first kappa shape index (κ1) is 10.2. The molecule has 0 saturated heterocycles. The highest BCUT2D eigenvalue weighted by Crippen LogP contribution is 2.29. The van der Waals surface area contributed by atoms with Crippen molar-refractivity contribution in [2.45, 2.75) is 26.8 Å². The largest absolute Gasteiger partial charge is 0.389 e. The smallest absolute Gasteiger partial charge is 0.123 e. The minimum atomic E-state index is 0.769. The van der Waals surface area contributed by atoms with Gasteiger partial charge >= 0.3 is 0 Å². The van der Waals surface area contributed by atoms with Gasteiger partial charge in [0.2, 0.25) is 0 Å². The zero-order valence-corrected chi connectivity index (χ0v) is 9.71. The Morgan fingerprint density at radius 1 is 1.53 bits per heavy atom. The van der Waals surface area contributed by atoms with E-state index in [1.165, 1.54) is 11.3 Å². The molecule has 2 aromatic heterocycles. The maximum atomic E-state index is 5.91. The molecule has 0 aliphatic rings. The van der Waals surface area contributed by atoms with Crippen LogP contribution in [0.5, 0.6) is 0 Å². The Bertz CT molecular complexity index is 458. The average molecular weight is 222 g/mol. The van der Waals surface area contributed by atoms with E-state index in [0.717, 1.165) is 34.4 Å². The van der Waals surface area contributed by atoms with Gasteiger partial charge in [-0.3, -0.25) is 0 Å². The molecule has 2 N–H and O–H groups in total. The summed E-state index contributed by atoms with van der Waals surface area (Å²) in [5, 5.41) is 1.76. The normalized spacial score (nSPS) is 10.8. The fraction of sp³-hybridized carbons (Fsp3) is 0.400. The van der Waals surface area contributed by atoms with E-state index >= 15 is 0 Å². The van der Waals surface area contributed by atoms with Gasteiger partial charge in [-0.15, -0.1) is 11.3 Å². The molecule has 2 aromatic rings. The third kappa shape index (κ3) is 1.87. The highest BCUT2D eigenvalue weighted by molar-refractivity contribution is 7.16. The minimum absolute atomic E-state index is 0.769. The Morgan fingerprint density at radius 2 is 2.33 bits per heavy atom. The maximum Gasteiger partial charge on any atom is 0.123 e. The second-order valence-corrected chi connectivity index (χ2v) is 4.65. The fourth-order valence-corrected chi connectivity index (χ4v) is 2.27. The van der Waals surface area contributed by atoms with Crippen LogP contribution in [0, 0.1) is 6.92 Å². The number of hydrogen-bond acceptors (Lipinski definition) is 4. The molecule has 0 aromatic carbocycles. The Balaban J connectivity index is 2.44. The second-order valence-electron chi connectivity index (χ2n) is 3.42. The van der Waals surface area contributed by atoms with Crippen LogP contribution in [0.3, 0.4) is 0 Å². The fourth-order valence-electron chi connectivity index (χ4n) is 1.56. The van der Waals surface area contributed by atoms with E-state index in [0.29, 0.717) is 0 Å². The van der Waals surface area contributed by atoms with Crippen LogP contribution in [0.4, 0.5) is 5.00 Å². The number of thiazole rings is 1. The van der Waals surface area contributed by atoms with Crippen LogP contribution in [0.25, 0.3) is 11.4 Å². The topological polar surface area (TPSA) is 56.7 Å². The Kier molecular flexibility index (Phi) is 2.73. The first-order chi connectivity index (χ1) is 7.22. The van der Waals surface area contributed by atoms with Crippen molar-refractivity contribution in [3.63, 3.8) is 0 Å². The number of aromatic nitrogens is 3. The van der Waals surface area contributed by atoms with E-state index in [-0.39, 0.29) is 0 Å². The molecular formula is C10H14N4S. The number of anilines is 1. The number of nitrogen functional groups attached to an aromatic ring is 1. The van der Waals surface area contributed by atoms with E-state index in [1.54, 1.807) is 0 Å². The van der Waals surface area contributed by atoms with E-state index in [1.807, 2.05) is 19.4 Å². The van der Waals surface area contributed by atoms with Gasteiger partial charge in [-0.25, -0.2) is 9.97 Å². The first-order valence-corrected chi connectivity index (χ1v) is 5.77. The molecule has 0 unspecified atom stereocenters. The summed E-state index contributed by atoms with van der Waals surface area (Å²) >= 11 is 1.52. The molecule has 4 nitrogen and oxygen atoms in total. The van der Waals surface area contributed by atoms with Crippen molar-refractivity contribution in [1.29, 1.82) is 0 Å². The van der Waals surface area contributed by atoms with Gasteiger partial charge < -0.3 is 10.3 Å². The molecule has 80 valence electrons. The van der Waals surface area contributed by atoms with Crippen LogP contribution in [0.15, 0.2) is 12.5 Å². The maximum absolute atomic E-state index is 5.91. The highest BCUT2D eigenvalue weighted by atomic mass is 32.1. The summed E-state index contributed by atoms with van der Waals surface area (Å²) in [6.45, 7) is 5.05. The summed E-state index contributed by atoms with van der Waals surface area (Å²) in [5.41, 5.74) is 7.79. The van der Waals surface area contributed by atoms with Crippen LogP contribution < -0.4 is 5.73 Å². The van der Waals surface area contributed by atoms with E-state index in [2.05, 4.69) is 21.5 Å². The summed E-state index contributed by atoms with van der Waals surface area (Å²) < 4.78 is 2.09. The lowest BCUT2D eigenvalue weighted by molar-refractivity contribution is 0.683. The quantitative estimate of drug-likeness (QED) is 0.867. The van der Waals surface area contributed by atoms with Gasteiger partial charge in [-0.1, -0.05) is 6.92 Å². The van der Waals surface area contributed by atoms with Crippen LogP contribution in [-0.2, 0) is 6.54 Å². The number of nitrogens with zero attached hydrogens (tertiary/aromatic N) is 3. The number of rotatable bonds is 3. The van der Waals surface area contributed by atoms with Crippen molar-refractivity contribution in [3.05, 3.63) is 17.5 Å². The van der Waals surface area contributed by atoms with Crippen LogP contribution in [0.2, 0.25) is 0 Å². The molecular weight excluding hydrogens is 208 g/mol. The molecule has 2 rings (SSSR count). The lowest BCUT2D eigenvalue weighted by Gasteiger charge is -2.04. The SMILES string of the molecule is CCCn1cncc1-c1nc(C)sc1N.